The van der Waals surface area contributed by atoms with Crippen LogP contribution in [-0.4, -0.2) is 18.1 Å². The van der Waals surface area contributed by atoms with Gasteiger partial charge in [-0.25, -0.2) is 4.79 Å². The molecule has 0 aliphatic rings. The van der Waals surface area contributed by atoms with Crippen LogP contribution >= 0.6 is 24.0 Å². The monoisotopic (exact) mass is 221 g/mol. The number of nitrogens with zero attached hydrogens (tertiary/aromatic N) is 1. The van der Waals surface area contributed by atoms with Crippen LogP contribution in [0.3, 0.4) is 0 Å². The van der Waals surface area contributed by atoms with Gasteiger partial charge < -0.3 is 4.74 Å². The van der Waals surface area contributed by atoms with Gasteiger partial charge in [-0.15, -0.1) is 24.0 Å². The summed E-state index contributed by atoms with van der Waals surface area (Å²) in [6.07, 6.45) is 1.45. The van der Waals surface area contributed by atoms with Crippen molar-refractivity contribution in [2.45, 2.75) is 5.88 Å². The highest BCUT2D eigenvalue weighted by Crippen LogP contribution is 2.03. The first-order chi connectivity index (χ1) is 5.77. The molecule has 1 aromatic rings. The number of aromatic nitrogens is 1. The first-order valence-corrected chi connectivity index (χ1v) is 3.90. The van der Waals surface area contributed by atoms with E-state index in [-0.39, 0.29) is 18.4 Å². The molecular weight excluding hydrogens is 213 g/mol. The number of hydrogen-bond acceptors (Lipinski definition) is 3. The maximum absolute atomic E-state index is 10.9. The predicted octanol–water partition coefficient (Wildman–Crippen LogP) is 2.03. The summed E-state index contributed by atoms with van der Waals surface area (Å²) in [5.41, 5.74) is 1.18. The van der Waals surface area contributed by atoms with Crippen molar-refractivity contribution in [1.29, 1.82) is 0 Å². The van der Waals surface area contributed by atoms with Gasteiger partial charge in [-0.1, -0.05) is 0 Å². The second-order valence-corrected chi connectivity index (χ2v) is 2.43. The van der Waals surface area contributed by atoms with Gasteiger partial charge in [0.05, 0.1) is 24.2 Å². The lowest BCUT2D eigenvalue weighted by molar-refractivity contribution is 0.0600. The highest BCUT2D eigenvalue weighted by Gasteiger charge is 2.04. The van der Waals surface area contributed by atoms with E-state index in [0.717, 1.165) is 5.69 Å². The molecular formula is C8H9Cl2NO2. The summed E-state index contributed by atoms with van der Waals surface area (Å²) < 4.78 is 4.50. The van der Waals surface area contributed by atoms with E-state index < -0.39 is 0 Å². The number of halogens is 2. The Balaban J connectivity index is 0.00000144. The number of esters is 1. The lowest BCUT2D eigenvalue weighted by atomic mass is 10.2. The van der Waals surface area contributed by atoms with Gasteiger partial charge in [0.2, 0.25) is 0 Å². The van der Waals surface area contributed by atoms with Gasteiger partial charge in [0.15, 0.2) is 0 Å². The summed E-state index contributed by atoms with van der Waals surface area (Å²) in [4.78, 5) is 14.9. The number of alkyl halides is 1. The molecule has 0 spiro atoms. The van der Waals surface area contributed by atoms with Crippen molar-refractivity contribution in [2.75, 3.05) is 7.11 Å². The maximum Gasteiger partial charge on any atom is 0.339 e. The highest BCUT2D eigenvalue weighted by atomic mass is 35.5. The minimum Gasteiger partial charge on any atom is -0.465 e. The quantitative estimate of drug-likeness (QED) is 0.567. The number of methoxy groups -OCH3 is 1. The third-order valence-corrected chi connectivity index (χ3v) is 1.66. The van der Waals surface area contributed by atoms with E-state index in [1.807, 2.05) is 0 Å². The van der Waals surface area contributed by atoms with Gasteiger partial charge in [0.1, 0.15) is 0 Å². The lowest BCUT2D eigenvalue weighted by Crippen LogP contribution is -2.01. The van der Waals surface area contributed by atoms with E-state index in [9.17, 15) is 4.79 Å². The molecule has 0 saturated heterocycles. The molecule has 1 aromatic heterocycles. The zero-order chi connectivity index (χ0) is 8.97. The number of carbonyl (C=O) groups excluding carboxylic acids is 1. The Hall–Kier alpha value is -0.800. The van der Waals surface area contributed by atoms with Gasteiger partial charge in [0, 0.05) is 6.20 Å². The second kappa shape index (κ2) is 5.78. The van der Waals surface area contributed by atoms with Crippen molar-refractivity contribution in [1.82, 2.24) is 4.98 Å². The second-order valence-electron chi connectivity index (χ2n) is 2.16. The Bertz CT molecular complexity index is 274. The maximum atomic E-state index is 10.9. The van der Waals surface area contributed by atoms with Crippen LogP contribution in [0.1, 0.15) is 16.1 Å². The summed E-state index contributed by atoms with van der Waals surface area (Å²) in [6, 6.07) is 3.33. The average Bonchev–Trinajstić information content (AvgIpc) is 2.17. The summed E-state index contributed by atoms with van der Waals surface area (Å²) in [5.74, 6) is -0.0369. The van der Waals surface area contributed by atoms with Gasteiger partial charge in [-0.2, -0.15) is 0 Å². The number of hydrogen-bond donors (Lipinski definition) is 0. The van der Waals surface area contributed by atoms with E-state index in [4.69, 9.17) is 11.6 Å². The molecule has 72 valence electrons. The molecule has 0 amide bonds. The van der Waals surface area contributed by atoms with Crippen molar-refractivity contribution in [3.63, 3.8) is 0 Å². The van der Waals surface area contributed by atoms with Crippen LogP contribution in [-0.2, 0) is 10.6 Å². The largest absolute Gasteiger partial charge is 0.465 e. The highest BCUT2D eigenvalue weighted by molar-refractivity contribution is 6.16. The fraction of sp³-hybridized carbons (Fsp3) is 0.250. The van der Waals surface area contributed by atoms with Crippen LogP contribution in [0.5, 0.6) is 0 Å². The zero-order valence-electron chi connectivity index (χ0n) is 6.99. The minimum atomic E-state index is -0.386. The van der Waals surface area contributed by atoms with Crippen molar-refractivity contribution < 1.29 is 9.53 Å². The van der Waals surface area contributed by atoms with Crippen molar-refractivity contribution in [3.05, 3.63) is 29.6 Å². The molecule has 13 heavy (non-hydrogen) atoms. The number of pyridine rings is 1. The van der Waals surface area contributed by atoms with Gasteiger partial charge in [0.25, 0.3) is 0 Å². The third-order valence-electron chi connectivity index (χ3n) is 1.38. The smallest absolute Gasteiger partial charge is 0.339 e. The number of rotatable bonds is 2. The molecule has 0 aromatic carbocycles. The van der Waals surface area contributed by atoms with E-state index in [1.54, 1.807) is 12.1 Å². The SMILES string of the molecule is COC(=O)c1ccc(CCl)nc1.Cl. The van der Waals surface area contributed by atoms with Gasteiger partial charge in [-0.3, -0.25) is 4.98 Å². The Morgan fingerprint density at radius 1 is 1.62 bits per heavy atom. The van der Waals surface area contributed by atoms with E-state index >= 15 is 0 Å². The molecule has 0 aliphatic heterocycles. The molecule has 0 bridgehead atoms. The normalized spacial score (nSPS) is 8.77. The summed E-state index contributed by atoms with van der Waals surface area (Å²) in [5, 5.41) is 0. The first kappa shape index (κ1) is 12.2. The summed E-state index contributed by atoms with van der Waals surface area (Å²) >= 11 is 5.51. The fourth-order valence-corrected chi connectivity index (χ4v) is 0.900. The molecule has 3 nitrogen and oxygen atoms in total. The fourth-order valence-electron chi connectivity index (χ4n) is 0.742. The van der Waals surface area contributed by atoms with Crippen LogP contribution in [0.4, 0.5) is 0 Å². The van der Waals surface area contributed by atoms with Crippen LogP contribution in [0.25, 0.3) is 0 Å². The average molecular weight is 222 g/mol. The van der Waals surface area contributed by atoms with E-state index in [1.165, 1.54) is 13.3 Å². The molecule has 0 N–H and O–H groups in total. The minimum absolute atomic E-state index is 0. The first-order valence-electron chi connectivity index (χ1n) is 3.37. The predicted molar refractivity (Wildman–Crippen MR) is 52.4 cm³/mol. The van der Waals surface area contributed by atoms with Crippen molar-refractivity contribution >= 4 is 30.0 Å². The molecule has 5 heteroatoms. The van der Waals surface area contributed by atoms with Crippen LogP contribution in [0, 0.1) is 0 Å². The Labute approximate surface area is 87.5 Å². The molecule has 0 aliphatic carbocycles. The zero-order valence-corrected chi connectivity index (χ0v) is 8.56. The molecule has 0 unspecified atom stereocenters. The molecule has 0 fully saturated rings. The topological polar surface area (TPSA) is 39.2 Å². The standard InChI is InChI=1S/C8H8ClNO2.ClH/c1-12-8(11)6-2-3-7(4-9)10-5-6;/h2-3,5H,4H2,1H3;1H. The number of ether oxygens (including phenoxy) is 1. The van der Waals surface area contributed by atoms with Gasteiger partial charge >= 0.3 is 5.97 Å². The van der Waals surface area contributed by atoms with Crippen LogP contribution in [0.15, 0.2) is 18.3 Å². The Kier molecular flexibility index (Phi) is 5.42. The van der Waals surface area contributed by atoms with E-state index in [2.05, 4.69) is 9.72 Å². The van der Waals surface area contributed by atoms with Crippen molar-refractivity contribution in [3.8, 4) is 0 Å². The Morgan fingerprint density at radius 2 is 2.31 bits per heavy atom. The number of carbonyl (C=O) groups is 1. The van der Waals surface area contributed by atoms with Gasteiger partial charge in [-0.05, 0) is 12.1 Å². The molecule has 1 heterocycles. The molecule has 0 saturated carbocycles. The summed E-state index contributed by atoms with van der Waals surface area (Å²) in [6.45, 7) is 0. The molecule has 0 radical (unpaired) electrons. The molecule has 1 rings (SSSR count). The van der Waals surface area contributed by atoms with Crippen LogP contribution < -0.4 is 0 Å². The molecule has 0 atom stereocenters. The third kappa shape index (κ3) is 3.20. The summed E-state index contributed by atoms with van der Waals surface area (Å²) in [7, 11) is 1.33. The van der Waals surface area contributed by atoms with E-state index in [0.29, 0.717) is 11.4 Å². The lowest BCUT2D eigenvalue weighted by Gasteiger charge is -1.98. The Morgan fingerprint density at radius 3 is 2.69 bits per heavy atom. The van der Waals surface area contributed by atoms with Crippen molar-refractivity contribution in [2.24, 2.45) is 0 Å². The van der Waals surface area contributed by atoms with Crippen LogP contribution in [0.2, 0.25) is 0 Å².